The maximum absolute atomic E-state index is 9.82. The number of methoxy groups -OCH3 is 1. The molecule has 0 bridgehead atoms. The minimum absolute atomic E-state index is 0.199. The van der Waals surface area contributed by atoms with Crippen molar-refractivity contribution < 1.29 is 14.9 Å². The number of benzene rings is 1. The monoisotopic (exact) mass is 350 g/mol. The van der Waals surface area contributed by atoms with E-state index in [0.717, 1.165) is 12.2 Å². The largest absolute Gasteiger partial charge is 0.385 e. The van der Waals surface area contributed by atoms with Gasteiger partial charge in [0.2, 0.25) is 5.91 Å². The van der Waals surface area contributed by atoms with E-state index in [2.05, 4.69) is 5.32 Å². The number of halogens is 2. The van der Waals surface area contributed by atoms with Crippen LogP contribution in [-0.2, 0) is 4.74 Å². The Morgan fingerprint density at radius 2 is 2.05 bits per heavy atom. The van der Waals surface area contributed by atoms with Crippen molar-refractivity contribution in [3.8, 4) is 0 Å². The van der Waals surface area contributed by atoms with Crippen molar-refractivity contribution in [3.05, 3.63) is 28.2 Å². The Bertz CT molecular complexity index is 458. The third-order valence-electron chi connectivity index (χ3n) is 3.32. The molecule has 0 aliphatic carbocycles. The summed E-state index contributed by atoms with van der Waals surface area (Å²) in [6.07, 6.45) is 0.763. The lowest BCUT2D eigenvalue weighted by atomic mass is 10.2. The lowest BCUT2D eigenvalue weighted by Crippen LogP contribution is -2.48. The Morgan fingerprint density at radius 3 is 2.68 bits per heavy atom. The van der Waals surface area contributed by atoms with Gasteiger partial charge in [0.1, 0.15) is 0 Å². The van der Waals surface area contributed by atoms with Crippen LogP contribution in [0.15, 0.2) is 18.2 Å². The van der Waals surface area contributed by atoms with Crippen molar-refractivity contribution in [1.82, 2.24) is 5.32 Å². The summed E-state index contributed by atoms with van der Waals surface area (Å²) in [7, 11) is 1.58. The minimum Gasteiger partial charge on any atom is -0.385 e. The molecule has 22 heavy (non-hydrogen) atoms. The van der Waals surface area contributed by atoms with Gasteiger partial charge in [-0.25, -0.2) is 0 Å². The number of aliphatic hydroxyl groups is 2. The Morgan fingerprint density at radius 1 is 1.32 bits per heavy atom. The Hall–Kier alpha value is -0.560. The van der Waals surface area contributed by atoms with Gasteiger partial charge in [-0.15, -0.1) is 0 Å². The number of ether oxygens (including phenoxy) is 1. The standard InChI is InChI=1S/C15H24Cl2N2O3/c1-3-19(13-7-4-6-12(16)14(13)17)10-9-18-15(20,21)8-5-11-22-2/h4,6-7,18,20-21H,3,5,8-11H2,1-2H3. The first kappa shape index (κ1) is 19.5. The number of anilines is 1. The van der Waals surface area contributed by atoms with Crippen molar-refractivity contribution in [3.63, 3.8) is 0 Å². The van der Waals surface area contributed by atoms with Gasteiger partial charge in [0.25, 0.3) is 0 Å². The lowest BCUT2D eigenvalue weighted by Gasteiger charge is -2.28. The third kappa shape index (κ3) is 6.28. The number of likely N-dealkylation sites (N-methyl/N-ethyl adjacent to an activating group) is 1. The second kappa shape index (κ2) is 9.55. The Labute approximate surface area is 141 Å². The highest BCUT2D eigenvalue weighted by molar-refractivity contribution is 6.43. The average molecular weight is 351 g/mol. The fourth-order valence-corrected chi connectivity index (χ4v) is 2.54. The van der Waals surface area contributed by atoms with Crippen LogP contribution in [0.5, 0.6) is 0 Å². The molecule has 0 fully saturated rings. The summed E-state index contributed by atoms with van der Waals surface area (Å²) < 4.78 is 4.89. The smallest absolute Gasteiger partial charge is 0.222 e. The molecule has 0 heterocycles. The van der Waals surface area contributed by atoms with E-state index in [4.69, 9.17) is 27.9 Å². The zero-order valence-electron chi connectivity index (χ0n) is 13.0. The lowest BCUT2D eigenvalue weighted by molar-refractivity contribution is -0.191. The Kier molecular flexibility index (Phi) is 8.46. The summed E-state index contributed by atoms with van der Waals surface area (Å²) in [6.45, 7) is 4.19. The second-order valence-electron chi connectivity index (χ2n) is 4.99. The maximum Gasteiger partial charge on any atom is 0.222 e. The van der Waals surface area contributed by atoms with Crippen LogP contribution in [0.25, 0.3) is 0 Å². The highest BCUT2D eigenvalue weighted by atomic mass is 35.5. The summed E-state index contributed by atoms with van der Waals surface area (Å²) >= 11 is 12.2. The van der Waals surface area contributed by atoms with Gasteiger partial charge in [-0.1, -0.05) is 29.3 Å². The van der Waals surface area contributed by atoms with E-state index < -0.39 is 5.91 Å². The molecule has 1 aromatic rings. The molecule has 0 atom stereocenters. The molecule has 7 heteroatoms. The fraction of sp³-hybridized carbons (Fsp3) is 0.600. The number of nitrogens with zero attached hydrogens (tertiary/aromatic N) is 1. The van der Waals surface area contributed by atoms with Crippen molar-refractivity contribution in [2.75, 3.05) is 38.3 Å². The number of hydrogen-bond donors (Lipinski definition) is 3. The van der Waals surface area contributed by atoms with Crippen molar-refractivity contribution >= 4 is 28.9 Å². The number of rotatable bonds is 10. The van der Waals surface area contributed by atoms with E-state index in [1.807, 2.05) is 24.0 Å². The molecule has 0 saturated carbocycles. The van der Waals surface area contributed by atoms with E-state index in [0.29, 0.717) is 36.2 Å². The zero-order chi connectivity index (χ0) is 16.6. The van der Waals surface area contributed by atoms with Gasteiger partial charge in [-0.05, 0) is 25.5 Å². The van der Waals surface area contributed by atoms with Crippen LogP contribution in [-0.4, -0.2) is 49.5 Å². The van der Waals surface area contributed by atoms with E-state index in [9.17, 15) is 10.2 Å². The van der Waals surface area contributed by atoms with E-state index >= 15 is 0 Å². The van der Waals surface area contributed by atoms with Gasteiger partial charge in [-0.3, -0.25) is 5.32 Å². The van der Waals surface area contributed by atoms with E-state index in [-0.39, 0.29) is 6.42 Å². The van der Waals surface area contributed by atoms with E-state index in [1.165, 1.54) is 0 Å². The van der Waals surface area contributed by atoms with Crippen molar-refractivity contribution in [2.24, 2.45) is 0 Å². The van der Waals surface area contributed by atoms with Crippen LogP contribution >= 0.6 is 23.2 Å². The predicted molar refractivity (Wildman–Crippen MR) is 90.6 cm³/mol. The topological polar surface area (TPSA) is 65.0 Å². The van der Waals surface area contributed by atoms with Crippen molar-refractivity contribution in [2.45, 2.75) is 25.7 Å². The van der Waals surface area contributed by atoms with Crippen molar-refractivity contribution in [1.29, 1.82) is 0 Å². The summed E-state index contributed by atoms with van der Waals surface area (Å²) in [6, 6.07) is 5.47. The van der Waals surface area contributed by atoms with Crippen LogP contribution in [0.3, 0.4) is 0 Å². The molecule has 126 valence electrons. The van der Waals surface area contributed by atoms with Gasteiger partial charge < -0.3 is 19.8 Å². The molecule has 1 rings (SSSR count). The van der Waals surface area contributed by atoms with Crippen LogP contribution in [0, 0.1) is 0 Å². The first-order valence-electron chi connectivity index (χ1n) is 7.29. The first-order valence-corrected chi connectivity index (χ1v) is 8.04. The molecular weight excluding hydrogens is 327 g/mol. The molecule has 0 saturated heterocycles. The normalized spacial score (nSPS) is 11.7. The first-order chi connectivity index (χ1) is 10.4. The van der Waals surface area contributed by atoms with E-state index in [1.54, 1.807) is 13.2 Å². The molecule has 0 radical (unpaired) electrons. The highest BCUT2D eigenvalue weighted by Gasteiger charge is 2.21. The molecule has 1 aromatic carbocycles. The SMILES string of the molecule is CCN(CCNC(O)(O)CCCOC)c1cccc(Cl)c1Cl. The summed E-state index contributed by atoms with van der Waals surface area (Å²) in [5.74, 6) is -1.89. The van der Waals surface area contributed by atoms with Crippen LogP contribution < -0.4 is 10.2 Å². The van der Waals surface area contributed by atoms with Crippen LogP contribution in [0.2, 0.25) is 10.0 Å². The third-order valence-corrected chi connectivity index (χ3v) is 4.13. The van der Waals surface area contributed by atoms with Gasteiger partial charge in [-0.2, -0.15) is 0 Å². The molecule has 0 amide bonds. The molecule has 0 spiro atoms. The number of hydrogen-bond acceptors (Lipinski definition) is 5. The minimum atomic E-state index is -1.89. The Balaban J connectivity index is 2.52. The molecule has 3 N–H and O–H groups in total. The predicted octanol–water partition coefficient (Wildman–Crippen LogP) is 2.47. The molecule has 0 aliphatic rings. The molecule has 0 unspecified atom stereocenters. The quantitative estimate of drug-likeness (QED) is 0.447. The average Bonchev–Trinajstić information content (AvgIpc) is 2.47. The zero-order valence-corrected chi connectivity index (χ0v) is 14.5. The van der Waals surface area contributed by atoms with Crippen LogP contribution in [0.1, 0.15) is 19.8 Å². The summed E-state index contributed by atoms with van der Waals surface area (Å²) in [4.78, 5) is 2.02. The van der Waals surface area contributed by atoms with Gasteiger partial charge in [0, 0.05) is 39.8 Å². The number of nitrogens with one attached hydrogen (secondary N) is 1. The molecule has 0 aromatic heterocycles. The molecule has 5 nitrogen and oxygen atoms in total. The molecular formula is C15H24Cl2N2O3. The fourth-order valence-electron chi connectivity index (χ4n) is 2.13. The molecule has 0 aliphatic heterocycles. The summed E-state index contributed by atoms with van der Waals surface area (Å²) in [5, 5.41) is 23.4. The highest BCUT2D eigenvalue weighted by Crippen LogP contribution is 2.32. The van der Waals surface area contributed by atoms with Gasteiger partial charge in [0.05, 0.1) is 15.7 Å². The van der Waals surface area contributed by atoms with Crippen LogP contribution in [0.4, 0.5) is 5.69 Å². The maximum atomic E-state index is 9.82. The summed E-state index contributed by atoms with van der Waals surface area (Å²) in [5.41, 5.74) is 0.833. The second-order valence-corrected chi connectivity index (χ2v) is 5.78. The van der Waals surface area contributed by atoms with Gasteiger partial charge in [0.15, 0.2) is 0 Å². The van der Waals surface area contributed by atoms with Gasteiger partial charge >= 0.3 is 0 Å².